The summed E-state index contributed by atoms with van der Waals surface area (Å²) in [6.07, 6.45) is 1.10. The number of benzene rings is 2. The molecule has 1 unspecified atom stereocenters. The maximum atomic E-state index is 3.62. The minimum absolute atomic E-state index is 0.438. The van der Waals surface area contributed by atoms with Crippen LogP contribution >= 0.6 is 0 Å². The molecule has 1 aliphatic rings. The summed E-state index contributed by atoms with van der Waals surface area (Å²) >= 11 is 0. The molecule has 0 saturated carbocycles. The molecular formula is C16H17N. The molecule has 1 heterocycles. The van der Waals surface area contributed by atoms with Crippen LogP contribution in [0.3, 0.4) is 0 Å². The fourth-order valence-electron chi connectivity index (χ4n) is 2.66. The van der Waals surface area contributed by atoms with Crippen molar-refractivity contribution in [1.29, 1.82) is 0 Å². The predicted octanol–water partition coefficient (Wildman–Crippen LogP) is 4.01. The van der Waals surface area contributed by atoms with E-state index in [-0.39, 0.29) is 0 Å². The van der Waals surface area contributed by atoms with Gasteiger partial charge in [0.1, 0.15) is 0 Å². The van der Waals surface area contributed by atoms with Crippen molar-refractivity contribution in [3.8, 4) is 0 Å². The zero-order valence-corrected chi connectivity index (χ0v) is 10.3. The summed E-state index contributed by atoms with van der Waals surface area (Å²) in [6, 6.07) is 15.7. The minimum atomic E-state index is 0.438. The summed E-state index contributed by atoms with van der Waals surface area (Å²) in [5, 5.41) is 3.62. The van der Waals surface area contributed by atoms with Gasteiger partial charge in [0.2, 0.25) is 0 Å². The van der Waals surface area contributed by atoms with Crippen LogP contribution in [-0.4, -0.2) is 0 Å². The first-order chi connectivity index (χ1) is 8.24. The molecule has 1 atom stereocenters. The average Bonchev–Trinajstić information content (AvgIpc) is 2.72. The highest BCUT2D eigenvalue weighted by atomic mass is 14.9. The Morgan fingerprint density at radius 3 is 2.71 bits per heavy atom. The van der Waals surface area contributed by atoms with Crippen molar-refractivity contribution < 1.29 is 0 Å². The molecule has 1 N–H and O–H groups in total. The van der Waals surface area contributed by atoms with Crippen molar-refractivity contribution in [3.63, 3.8) is 0 Å². The Hall–Kier alpha value is -1.76. The first kappa shape index (κ1) is 10.4. The largest absolute Gasteiger partial charge is 0.378 e. The molecule has 0 amide bonds. The van der Waals surface area contributed by atoms with Crippen molar-refractivity contribution in [2.45, 2.75) is 26.3 Å². The van der Waals surface area contributed by atoms with Crippen molar-refractivity contribution in [3.05, 3.63) is 64.7 Å². The minimum Gasteiger partial charge on any atom is -0.378 e. The van der Waals surface area contributed by atoms with Crippen molar-refractivity contribution in [1.82, 2.24) is 0 Å². The van der Waals surface area contributed by atoms with Gasteiger partial charge in [-0.1, -0.05) is 42.0 Å². The summed E-state index contributed by atoms with van der Waals surface area (Å²) in [6.45, 7) is 4.34. The Morgan fingerprint density at radius 1 is 1.06 bits per heavy atom. The summed E-state index contributed by atoms with van der Waals surface area (Å²) in [5.74, 6) is 0. The van der Waals surface area contributed by atoms with E-state index in [9.17, 15) is 0 Å². The lowest BCUT2D eigenvalue weighted by molar-refractivity contribution is 0.816. The van der Waals surface area contributed by atoms with E-state index in [4.69, 9.17) is 0 Å². The lowest BCUT2D eigenvalue weighted by Gasteiger charge is -2.14. The van der Waals surface area contributed by atoms with E-state index >= 15 is 0 Å². The lowest BCUT2D eigenvalue weighted by Crippen LogP contribution is -2.07. The van der Waals surface area contributed by atoms with E-state index in [0.29, 0.717) is 6.04 Å². The molecule has 0 aromatic heterocycles. The third kappa shape index (κ3) is 1.82. The number of aryl methyl sites for hydroxylation is 2. The molecule has 1 heteroatoms. The standard InChI is InChI=1S/C16H17N/c1-11-7-8-15-13(9-11)10-16(17-15)14-6-4-3-5-12(14)2/h3-9,16-17H,10H2,1-2H3. The van der Waals surface area contributed by atoms with Gasteiger partial charge in [-0.3, -0.25) is 0 Å². The summed E-state index contributed by atoms with van der Waals surface area (Å²) < 4.78 is 0. The summed E-state index contributed by atoms with van der Waals surface area (Å²) in [5.41, 5.74) is 6.87. The van der Waals surface area contributed by atoms with Crippen LogP contribution in [0.1, 0.15) is 28.3 Å². The van der Waals surface area contributed by atoms with Gasteiger partial charge in [0.05, 0.1) is 6.04 Å². The Bertz CT molecular complexity index is 557. The molecule has 86 valence electrons. The van der Waals surface area contributed by atoms with E-state index < -0.39 is 0 Å². The van der Waals surface area contributed by atoms with Crippen LogP contribution in [0.25, 0.3) is 0 Å². The van der Waals surface area contributed by atoms with Crippen LogP contribution in [0.2, 0.25) is 0 Å². The molecule has 0 saturated heterocycles. The molecule has 0 spiro atoms. The molecule has 3 rings (SSSR count). The number of fused-ring (bicyclic) bond motifs is 1. The van der Waals surface area contributed by atoms with Crippen LogP contribution in [-0.2, 0) is 6.42 Å². The number of nitrogens with one attached hydrogen (secondary N) is 1. The van der Waals surface area contributed by atoms with Crippen LogP contribution in [0.5, 0.6) is 0 Å². The lowest BCUT2D eigenvalue weighted by atomic mass is 9.98. The second-order valence-corrected chi connectivity index (χ2v) is 4.92. The third-order valence-electron chi connectivity index (χ3n) is 3.58. The van der Waals surface area contributed by atoms with E-state index in [2.05, 4.69) is 61.6 Å². The van der Waals surface area contributed by atoms with Gasteiger partial charge >= 0.3 is 0 Å². The van der Waals surface area contributed by atoms with Crippen LogP contribution in [0, 0.1) is 13.8 Å². The normalized spacial score (nSPS) is 17.6. The first-order valence-corrected chi connectivity index (χ1v) is 6.15. The fraction of sp³-hybridized carbons (Fsp3) is 0.250. The van der Waals surface area contributed by atoms with E-state index in [0.717, 1.165) is 6.42 Å². The number of rotatable bonds is 1. The molecular weight excluding hydrogens is 206 g/mol. The van der Waals surface area contributed by atoms with Gasteiger partial charge in [0, 0.05) is 5.69 Å². The molecule has 17 heavy (non-hydrogen) atoms. The quantitative estimate of drug-likeness (QED) is 0.770. The van der Waals surface area contributed by atoms with Crippen molar-refractivity contribution in [2.24, 2.45) is 0 Å². The molecule has 0 radical (unpaired) electrons. The van der Waals surface area contributed by atoms with Gasteiger partial charge in [-0.2, -0.15) is 0 Å². The summed E-state index contributed by atoms with van der Waals surface area (Å²) in [7, 11) is 0. The molecule has 2 aromatic rings. The Labute approximate surface area is 102 Å². The fourth-order valence-corrected chi connectivity index (χ4v) is 2.66. The zero-order chi connectivity index (χ0) is 11.8. The Morgan fingerprint density at radius 2 is 1.88 bits per heavy atom. The van der Waals surface area contributed by atoms with Crippen molar-refractivity contribution in [2.75, 3.05) is 5.32 Å². The number of anilines is 1. The highest BCUT2D eigenvalue weighted by Gasteiger charge is 2.22. The monoisotopic (exact) mass is 223 g/mol. The molecule has 0 bridgehead atoms. The van der Waals surface area contributed by atoms with Crippen LogP contribution in [0.4, 0.5) is 5.69 Å². The highest BCUT2D eigenvalue weighted by Crippen LogP contribution is 2.35. The third-order valence-corrected chi connectivity index (χ3v) is 3.58. The van der Waals surface area contributed by atoms with Gasteiger partial charge in [-0.25, -0.2) is 0 Å². The predicted molar refractivity (Wildman–Crippen MR) is 72.4 cm³/mol. The molecule has 1 aliphatic heterocycles. The van der Waals surface area contributed by atoms with Crippen LogP contribution < -0.4 is 5.32 Å². The molecule has 2 aromatic carbocycles. The van der Waals surface area contributed by atoms with Gasteiger partial charge in [-0.15, -0.1) is 0 Å². The maximum absolute atomic E-state index is 3.62. The maximum Gasteiger partial charge on any atom is 0.0557 e. The summed E-state index contributed by atoms with van der Waals surface area (Å²) in [4.78, 5) is 0. The smallest absolute Gasteiger partial charge is 0.0557 e. The Balaban J connectivity index is 1.94. The van der Waals surface area contributed by atoms with Crippen LogP contribution in [0.15, 0.2) is 42.5 Å². The van der Waals surface area contributed by atoms with Crippen molar-refractivity contribution >= 4 is 5.69 Å². The highest BCUT2D eigenvalue weighted by molar-refractivity contribution is 5.59. The molecule has 0 aliphatic carbocycles. The SMILES string of the molecule is Cc1ccc2c(c1)CC(c1ccccc1C)N2. The van der Waals surface area contributed by atoms with E-state index in [1.807, 2.05) is 0 Å². The van der Waals surface area contributed by atoms with Gasteiger partial charge < -0.3 is 5.32 Å². The number of hydrogen-bond acceptors (Lipinski definition) is 1. The second-order valence-electron chi connectivity index (χ2n) is 4.92. The average molecular weight is 223 g/mol. The Kier molecular flexibility index (Phi) is 2.40. The first-order valence-electron chi connectivity index (χ1n) is 6.15. The van der Waals surface area contributed by atoms with E-state index in [1.165, 1.54) is 27.9 Å². The topological polar surface area (TPSA) is 12.0 Å². The van der Waals surface area contributed by atoms with Gasteiger partial charge in [0.15, 0.2) is 0 Å². The molecule has 1 nitrogen and oxygen atoms in total. The van der Waals surface area contributed by atoms with Gasteiger partial charge in [-0.05, 0) is 43.0 Å². The second kappa shape index (κ2) is 3.92. The van der Waals surface area contributed by atoms with Gasteiger partial charge in [0.25, 0.3) is 0 Å². The molecule has 0 fully saturated rings. The van der Waals surface area contributed by atoms with E-state index in [1.54, 1.807) is 0 Å². The zero-order valence-electron chi connectivity index (χ0n) is 10.3. The number of hydrogen-bond donors (Lipinski definition) is 1.